The van der Waals surface area contributed by atoms with Gasteiger partial charge in [-0.3, -0.25) is 9.79 Å². The molecule has 184 valence electrons. The number of benzene rings is 3. The molecule has 4 rings (SSSR count). The lowest BCUT2D eigenvalue weighted by molar-refractivity contribution is -0.141. The van der Waals surface area contributed by atoms with E-state index in [0.717, 1.165) is 11.1 Å². The van der Waals surface area contributed by atoms with E-state index in [1.807, 2.05) is 36.4 Å². The fourth-order valence-corrected chi connectivity index (χ4v) is 5.12. The number of rotatable bonds is 8. The summed E-state index contributed by atoms with van der Waals surface area (Å²) in [6.45, 7) is 3.56. The molecule has 36 heavy (non-hydrogen) atoms. The molecule has 3 aromatic rings. The molecule has 0 aromatic heterocycles. The highest BCUT2D eigenvalue weighted by molar-refractivity contribution is 6.30. The first-order valence-corrected chi connectivity index (χ1v) is 12.3. The van der Waals surface area contributed by atoms with Crippen molar-refractivity contribution in [3.8, 4) is 0 Å². The van der Waals surface area contributed by atoms with Gasteiger partial charge in [0.1, 0.15) is 5.92 Å². The molecule has 0 aliphatic carbocycles. The lowest BCUT2D eigenvalue weighted by Gasteiger charge is -2.30. The van der Waals surface area contributed by atoms with Crippen molar-refractivity contribution in [3.05, 3.63) is 118 Å². The van der Waals surface area contributed by atoms with Gasteiger partial charge in [0.05, 0.1) is 12.2 Å². The largest absolute Gasteiger partial charge is 0.481 e. The van der Waals surface area contributed by atoms with E-state index in [4.69, 9.17) is 16.3 Å². The summed E-state index contributed by atoms with van der Waals surface area (Å²) in [4.78, 5) is 30.1. The van der Waals surface area contributed by atoms with Crippen molar-refractivity contribution in [2.24, 2.45) is 10.9 Å². The normalized spacial score (nSPS) is 17.6. The molecule has 0 saturated carbocycles. The molecular formula is C30H28ClNO4. The first kappa shape index (κ1) is 25.4. The number of carbonyl (C=O) groups excluding carboxylic acids is 1. The Morgan fingerprint density at radius 3 is 2.11 bits per heavy atom. The average Bonchev–Trinajstić information content (AvgIpc) is 2.87. The van der Waals surface area contributed by atoms with Crippen LogP contribution in [-0.4, -0.2) is 29.4 Å². The topological polar surface area (TPSA) is 76.0 Å². The van der Waals surface area contributed by atoms with Gasteiger partial charge >= 0.3 is 11.9 Å². The van der Waals surface area contributed by atoms with Crippen LogP contribution < -0.4 is 0 Å². The van der Waals surface area contributed by atoms with Crippen molar-refractivity contribution in [1.29, 1.82) is 0 Å². The van der Waals surface area contributed by atoms with Crippen molar-refractivity contribution in [2.45, 2.75) is 32.1 Å². The van der Waals surface area contributed by atoms with Crippen molar-refractivity contribution in [2.75, 3.05) is 6.61 Å². The summed E-state index contributed by atoms with van der Waals surface area (Å²) < 4.78 is 5.78. The number of ether oxygens (including phenoxy) is 1. The van der Waals surface area contributed by atoms with E-state index in [2.05, 4.69) is 29.3 Å². The van der Waals surface area contributed by atoms with Crippen LogP contribution in [0.1, 0.15) is 48.8 Å². The number of aliphatic carboxylic acids is 1. The van der Waals surface area contributed by atoms with Gasteiger partial charge in [0.2, 0.25) is 0 Å². The SMILES string of the molecule is CC1=NC(C)=C(C(=O)OCCC(c2ccccc2)c2ccccc2)C(c2cccc(Cl)c2)C1C(=O)O. The quantitative estimate of drug-likeness (QED) is 0.351. The molecular weight excluding hydrogens is 474 g/mol. The smallest absolute Gasteiger partial charge is 0.336 e. The Morgan fingerprint density at radius 1 is 0.944 bits per heavy atom. The van der Waals surface area contributed by atoms with Crippen molar-refractivity contribution < 1.29 is 19.4 Å². The second-order valence-corrected chi connectivity index (χ2v) is 9.34. The van der Waals surface area contributed by atoms with Gasteiger partial charge in [-0.05, 0) is 49.1 Å². The summed E-state index contributed by atoms with van der Waals surface area (Å²) in [6, 6.07) is 27.1. The molecule has 1 aliphatic heterocycles. The average molecular weight is 502 g/mol. The molecule has 5 nitrogen and oxygen atoms in total. The third-order valence-corrected chi connectivity index (χ3v) is 6.80. The molecule has 0 bridgehead atoms. The van der Waals surface area contributed by atoms with Gasteiger partial charge in [-0.1, -0.05) is 84.4 Å². The maximum Gasteiger partial charge on any atom is 0.336 e. The van der Waals surface area contributed by atoms with Crippen molar-refractivity contribution >= 4 is 29.3 Å². The Morgan fingerprint density at radius 2 is 1.56 bits per heavy atom. The predicted octanol–water partition coefficient (Wildman–Crippen LogP) is 6.64. The number of aliphatic imine (C=N–C) groups is 1. The van der Waals surface area contributed by atoms with Crippen LogP contribution in [0.5, 0.6) is 0 Å². The number of hydrogen-bond donors (Lipinski definition) is 1. The molecule has 2 atom stereocenters. The Balaban J connectivity index is 1.59. The van der Waals surface area contributed by atoms with Gasteiger partial charge in [0.25, 0.3) is 0 Å². The predicted molar refractivity (Wildman–Crippen MR) is 141 cm³/mol. The summed E-state index contributed by atoms with van der Waals surface area (Å²) in [7, 11) is 0. The second kappa shape index (κ2) is 11.4. The minimum atomic E-state index is -1.05. The molecule has 6 heteroatoms. The number of halogens is 1. The van der Waals surface area contributed by atoms with E-state index in [1.165, 1.54) is 0 Å². The number of allylic oxidation sites excluding steroid dienone is 1. The fourth-order valence-electron chi connectivity index (χ4n) is 4.93. The molecule has 1 heterocycles. The van der Waals surface area contributed by atoms with Crippen molar-refractivity contribution in [1.82, 2.24) is 0 Å². The number of carboxylic acids is 1. The maximum absolute atomic E-state index is 13.4. The first-order valence-electron chi connectivity index (χ1n) is 11.9. The van der Waals surface area contributed by atoms with Crippen LogP contribution in [0.2, 0.25) is 5.02 Å². The van der Waals surface area contributed by atoms with Gasteiger partial charge in [0, 0.05) is 28.3 Å². The Labute approximate surface area is 216 Å². The first-order chi connectivity index (χ1) is 17.4. The highest BCUT2D eigenvalue weighted by Gasteiger charge is 2.41. The lowest BCUT2D eigenvalue weighted by Crippen LogP contribution is -2.35. The van der Waals surface area contributed by atoms with Crippen LogP contribution in [0.25, 0.3) is 0 Å². The lowest BCUT2D eigenvalue weighted by atomic mass is 9.75. The highest BCUT2D eigenvalue weighted by Crippen LogP contribution is 2.40. The van der Waals surface area contributed by atoms with Crippen LogP contribution in [0.4, 0.5) is 0 Å². The van der Waals surface area contributed by atoms with Gasteiger partial charge in [-0.25, -0.2) is 4.79 Å². The zero-order chi connectivity index (χ0) is 25.7. The van der Waals surface area contributed by atoms with Gasteiger partial charge in [-0.15, -0.1) is 0 Å². The molecule has 0 radical (unpaired) electrons. The number of esters is 1. The van der Waals surface area contributed by atoms with Crippen LogP contribution in [0.15, 0.2) is 101 Å². The van der Waals surface area contributed by atoms with Crippen LogP contribution in [0, 0.1) is 5.92 Å². The number of hydrogen-bond acceptors (Lipinski definition) is 4. The van der Waals surface area contributed by atoms with Gasteiger partial charge in [0.15, 0.2) is 0 Å². The second-order valence-electron chi connectivity index (χ2n) is 8.90. The summed E-state index contributed by atoms with van der Waals surface area (Å²) in [6.07, 6.45) is 0.582. The summed E-state index contributed by atoms with van der Waals surface area (Å²) in [5.74, 6) is -3.29. The van der Waals surface area contributed by atoms with E-state index in [0.29, 0.717) is 28.4 Å². The van der Waals surface area contributed by atoms with E-state index in [-0.39, 0.29) is 18.1 Å². The number of nitrogens with zero attached hydrogens (tertiary/aromatic N) is 1. The Kier molecular flexibility index (Phi) is 8.01. The third-order valence-electron chi connectivity index (χ3n) is 6.57. The van der Waals surface area contributed by atoms with E-state index < -0.39 is 23.8 Å². The minimum Gasteiger partial charge on any atom is -0.481 e. The molecule has 3 aromatic carbocycles. The standard InChI is InChI=1S/C30H28ClNO4/c1-19-26(29(33)34)28(23-14-9-15-24(31)18-23)27(20(2)32-19)30(35)36-17-16-25(21-10-5-3-6-11-21)22-12-7-4-8-13-22/h3-15,18,25-26,28H,16-17H2,1-2H3,(H,33,34). The van der Waals surface area contributed by atoms with E-state index in [1.54, 1.807) is 38.1 Å². The van der Waals surface area contributed by atoms with Crippen LogP contribution in [0.3, 0.4) is 0 Å². The molecule has 2 unspecified atom stereocenters. The summed E-state index contributed by atoms with van der Waals surface area (Å²) >= 11 is 6.22. The molecule has 0 fully saturated rings. The van der Waals surface area contributed by atoms with Crippen LogP contribution >= 0.6 is 11.6 Å². The van der Waals surface area contributed by atoms with Crippen LogP contribution in [-0.2, 0) is 14.3 Å². The summed E-state index contributed by atoms with van der Waals surface area (Å²) in [5, 5.41) is 10.5. The molecule has 0 amide bonds. The highest BCUT2D eigenvalue weighted by atomic mass is 35.5. The summed E-state index contributed by atoms with van der Waals surface area (Å²) in [5.41, 5.74) is 4.07. The molecule has 1 N–H and O–H groups in total. The molecule has 1 aliphatic rings. The monoisotopic (exact) mass is 501 g/mol. The van der Waals surface area contributed by atoms with Gasteiger partial charge in [-0.2, -0.15) is 0 Å². The molecule has 0 saturated heterocycles. The number of carbonyl (C=O) groups is 2. The zero-order valence-corrected chi connectivity index (χ0v) is 21.0. The zero-order valence-electron chi connectivity index (χ0n) is 20.2. The third kappa shape index (κ3) is 5.58. The van der Waals surface area contributed by atoms with Crippen molar-refractivity contribution in [3.63, 3.8) is 0 Å². The van der Waals surface area contributed by atoms with E-state index >= 15 is 0 Å². The Hall–Kier alpha value is -3.70. The maximum atomic E-state index is 13.4. The molecule has 0 spiro atoms. The number of carboxylic acid groups (broad SMARTS) is 1. The minimum absolute atomic E-state index is 0.0531. The van der Waals surface area contributed by atoms with E-state index in [9.17, 15) is 14.7 Å². The fraction of sp³-hybridized carbons (Fsp3) is 0.233. The van der Waals surface area contributed by atoms with Gasteiger partial charge < -0.3 is 9.84 Å². The Bertz CT molecular complexity index is 1260.